The average molecular weight is 295 g/mol. The molecule has 0 bridgehead atoms. The number of nitrogens with zero attached hydrogens (tertiary/aromatic N) is 1. The third-order valence-electron chi connectivity index (χ3n) is 2.67. The molecule has 0 aliphatic carbocycles. The van der Waals surface area contributed by atoms with Gasteiger partial charge in [-0.3, -0.25) is 14.9 Å². The highest BCUT2D eigenvalue weighted by Crippen LogP contribution is 2.12. The third-order valence-corrected chi connectivity index (χ3v) is 2.67. The van der Waals surface area contributed by atoms with Gasteiger partial charge in [-0.15, -0.1) is 0 Å². The molecule has 114 valence electrons. The minimum Gasteiger partial charge on any atom is -0.481 e. The summed E-state index contributed by atoms with van der Waals surface area (Å²) in [5.41, 5.74) is 0.779. The first-order valence-corrected chi connectivity index (χ1v) is 6.46. The summed E-state index contributed by atoms with van der Waals surface area (Å²) < 4.78 is 0. The largest absolute Gasteiger partial charge is 0.481 e. The number of carbonyl (C=O) groups is 2. The number of carboxylic acids is 1. The molecule has 0 heterocycles. The number of nitro groups is 1. The van der Waals surface area contributed by atoms with Crippen LogP contribution in [0.15, 0.2) is 24.3 Å². The number of urea groups is 1. The maximum absolute atomic E-state index is 11.4. The van der Waals surface area contributed by atoms with E-state index in [1.165, 1.54) is 12.1 Å². The Bertz CT molecular complexity index is 518. The maximum Gasteiger partial charge on any atom is 0.314 e. The van der Waals surface area contributed by atoms with Gasteiger partial charge in [0.15, 0.2) is 0 Å². The standard InChI is InChI=1S/C13H17N3O5/c17-12(18)5-2-7-14-13(19)15-8-6-10-3-1-4-11(9-10)16(20)21/h1,3-4,9H,2,5-8H2,(H,17,18)(H2,14,15,19). The first-order chi connectivity index (χ1) is 9.99. The molecule has 0 saturated carbocycles. The number of carbonyl (C=O) groups excluding carboxylic acids is 1. The summed E-state index contributed by atoms with van der Waals surface area (Å²) in [7, 11) is 0. The van der Waals surface area contributed by atoms with Gasteiger partial charge in [0.2, 0.25) is 0 Å². The van der Waals surface area contributed by atoms with Crippen molar-refractivity contribution in [3.63, 3.8) is 0 Å². The number of rotatable bonds is 8. The summed E-state index contributed by atoms with van der Waals surface area (Å²) >= 11 is 0. The zero-order valence-corrected chi connectivity index (χ0v) is 11.4. The molecular weight excluding hydrogens is 278 g/mol. The Kier molecular flexibility index (Phi) is 6.66. The number of aliphatic carboxylic acids is 1. The van der Waals surface area contributed by atoms with Gasteiger partial charge in [-0.25, -0.2) is 4.79 Å². The molecule has 1 aromatic rings. The predicted octanol–water partition coefficient (Wildman–Crippen LogP) is 1.30. The summed E-state index contributed by atoms with van der Waals surface area (Å²) in [6.07, 6.45) is 0.853. The van der Waals surface area contributed by atoms with Gasteiger partial charge in [-0.1, -0.05) is 12.1 Å². The fourth-order valence-corrected chi connectivity index (χ4v) is 1.65. The van der Waals surface area contributed by atoms with Crippen LogP contribution in [-0.4, -0.2) is 35.1 Å². The first kappa shape index (κ1) is 16.4. The lowest BCUT2D eigenvalue weighted by molar-refractivity contribution is -0.384. The smallest absolute Gasteiger partial charge is 0.314 e. The number of hydrogen-bond acceptors (Lipinski definition) is 4. The highest BCUT2D eigenvalue weighted by Gasteiger charge is 2.06. The van der Waals surface area contributed by atoms with Crippen molar-refractivity contribution in [3.8, 4) is 0 Å². The normalized spacial score (nSPS) is 9.90. The van der Waals surface area contributed by atoms with Crippen LogP contribution in [-0.2, 0) is 11.2 Å². The van der Waals surface area contributed by atoms with Crippen LogP contribution in [0.25, 0.3) is 0 Å². The number of amides is 2. The molecular formula is C13H17N3O5. The van der Waals surface area contributed by atoms with Crippen molar-refractivity contribution < 1.29 is 19.6 Å². The van der Waals surface area contributed by atoms with E-state index in [1.54, 1.807) is 12.1 Å². The minimum absolute atomic E-state index is 0.00790. The van der Waals surface area contributed by atoms with Crippen LogP contribution >= 0.6 is 0 Å². The van der Waals surface area contributed by atoms with Crippen LogP contribution in [0.4, 0.5) is 10.5 Å². The first-order valence-electron chi connectivity index (χ1n) is 6.46. The quantitative estimate of drug-likeness (QED) is 0.379. The molecule has 0 spiro atoms. The number of nitro benzene ring substituents is 1. The van der Waals surface area contributed by atoms with Crippen molar-refractivity contribution >= 4 is 17.7 Å². The van der Waals surface area contributed by atoms with Crippen molar-refractivity contribution in [1.82, 2.24) is 10.6 Å². The van der Waals surface area contributed by atoms with Gasteiger partial charge in [-0.05, 0) is 18.4 Å². The molecule has 0 unspecified atom stereocenters. The fraction of sp³-hybridized carbons (Fsp3) is 0.385. The average Bonchev–Trinajstić information content (AvgIpc) is 2.44. The molecule has 0 aliphatic rings. The lowest BCUT2D eigenvalue weighted by Gasteiger charge is -2.07. The summed E-state index contributed by atoms with van der Waals surface area (Å²) in [4.78, 5) is 31.8. The van der Waals surface area contributed by atoms with E-state index < -0.39 is 10.9 Å². The van der Waals surface area contributed by atoms with Gasteiger partial charge in [0, 0.05) is 31.6 Å². The van der Waals surface area contributed by atoms with E-state index >= 15 is 0 Å². The van der Waals surface area contributed by atoms with Crippen LogP contribution in [0.5, 0.6) is 0 Å². The number of nitrogens with one attached hydrogen (secondary N) is 2. The van der Waals surface area contributed by atoms with Gasteiger partial charge in [0.1, 0.15) is 0 Å². The fourth-order valence-electron chi connectivity index (χ4n) is 1.65. The maximum atomic E-state index is 11.4. The van der Waals surface area contributed by atoms with Gasteiger partial charge >= 0.3 is 12.0 Å². The topological polar surface area (TPSA) is 122 Å². The van der Waals surface area contributed by atoms with E-state index in [0.29, 0.717) is 19.4 Å². The summed E-state index contributed by atoms with van der Waals surface area (Å²) in [5, 5.41) is 24.2. The van der Waals surface area contributed by atoms with Gasteiger partial charge in [-0.2, -0.15) is 0 Å². The Labute approximate surface area is 121 Å². The summed E-state index contributed by atoms with van der Waals surface area (Å²) in [6.45, 7) is 0.626. The molecule has 21 heavy (non-hydrogen) atoms. The van der Waals surface area contributed by atoms with Crippen molar-refractivity contribution in [2.45, 2.75) is 19.3 Å². The van der Waals surface area contributed by atoms with Crippen LogP contribution < -0.4 is 10.6 Å². The molecule has 0 aromatic heterocycles. The van der Waals surface area contributed by atoms with Crippen LogP contribution in [0, 0.1) is 10.1 Å². The van der Waals surface area contributed by atoms with Crippen LogP contribution in [0.1, 0.15) is 18.4 Å². The van der Waals surface area contributed by atoms with Crippen molar-refractivity contribution in [1.29, 1.82) is 0 Å². The Morgan fingerprint density at radius 1 is 1.24 bits per heavy atom. The second-order valence-corrected chi connectivity index (χ2v) is 4.36. The number of non-ortho nitro benzene ring substituents is 1. The Morgan fingerprint density at radius 2 is 1.95 bits per heavy atom. The Balaban J connectivity index is 2.23. The molecule has 2 amide bonds. The van der Waals surface area contributed by atoms with Crippen molar-refractivity contribution in [3.05, 3.63) is 39.9 Å². The van der Waals surface area contributed by atoms with Crippen molar-refractivity contribution in [2.24, 2.45) is 0 Å². The van der Waals surface area contributed by atoms with Crippen LogP contribution in [0.3, 0.4) is 0 Å². The van der Waals surface area contributed by atoms with E-state index in [-0.39, 0.29) is 24.7 Å². The monoisotopic (exact) mass is 295 g/mol. The van der Waals surface area contributed by atoms with Crippen molar-refractivity contribution in [2.75, 3.05) is 13.1 Å². The zero-order valence-electron chi connectivity index (χ0n) is 11.4. The van der Waals surface area contributed by atoms with Gasteiger partial charge in [0.25, 0.3) is 5.69 Å². The lowest BCUT2D eigenvalue weighted by atomic mass is 10.1. The summed E-state index contributed by atoms with van der Waals surface area (Å²) in [6, 6.07) is 5.84. The molecule has 0 aliphatic heterocycles. The van der Waals surface area contributed by atoms with Crippen LogP contribution in [0.2, 0.25) is 0 Å². The molecule has 0 fully saturated rings. The van der Waals surface area contributed by atoms with Gasteiger partial charge in [0.05, 0.1) is 4.92 Å². The zero-order chi connectivity index (χ0) is 15.7. The molecule has 3 N–H and O–H groups in total. The molecule has 0 saturated heterocycles. The highest BCUT2D eigenvalue weighted by molar-refractivity contribution is 5.73. The Morgan fingerprint density at radius 3 is 2.62 bits per heavy atom. The van der Waals surface area contributed by atoms with Gasteiger partial charge < -0.3 is 15.7 Å². The van der Waals surface area contributed by atoms with E-state index in [2.05, 4.69) is 10.6 Å². The van der Waals surface area contributed by atoms with E-state index in [0.717, 1.165) is 5.56 Å². The molecule has 0 atom stereocenters. The number of benzene rings is 1. The molecule has 1 aromatic carbocycles. The van der Waals surface area contributed by atoms with E-state index in [4.69, 9.17) is 5.11 Å². The minimum atomic E-state index is -0.900. The lowest BCUT2D eigenvalue weighted by Crippen LogP contribution is -2.37. The number of carboxylic acid groups (broad SMARTS) is 1. The highest BCUT2D eigenvalue weighted by atomic mass is 16.6. The van der Waals surface area contributed by atoms with E-state index in [1.807, 2.05) is 0 Å². The van der Waals surface area contributed by atoms with E-state index in [9.17, 15) is 19.7 Å². The second kappa shape index (κ2) is 8.51. The number of hydrogen-bond donors (Lipinski definition) is 3. The third kappa shape index (κ3) is 6.90. The molecule has 1 rings (SSSR count). The molecule has 0 radical (unpaired) electrons. The second-order valence-electron chi connectivity index (χ2n) is 4.36. The molecule has 8 heteroatoms. The molecule has 8 nitrogen and oxygen atoms in total. The SMILES string of the molecule is O=C(O)CCCNC(=O)NCCc1cccc([N+](=O)[O-])c1. The summed E-state index contributed by atoms with van der Waals surface area (Å²) in [5.74, 6) is -0.900. The Hall–Kier alpha value is -2.64. The predicted molar refractivity (Wildman–Crippen MR) is 75.1 cm³/mol.